The summed E-state index contributed by atoms with van der Waals surface area (Å²) in [4.78, 5) is 26.7. The van der Waals surface area contributed by atoms with E-state index in [0.29, 0.717) is 16.8 Å². The molecule has 7 heteroatoms. The minimum Gasteiger partial charge on any atom is -0.334 e. The Kier molecular flexibility index (Phi) is 3.30. The van der Waals surface area contributed by atoms with E-state index in [1.807, 2.05) is 17.7 Å². The van der Waals surface area contributed by atoms with Gasteiger partial charge in [0.1, 0.15) is 0 Å². The van der Waals surface area contributed by atoms with Crippen LogP contribution in [0, 0.1) is 10.1 Å². The van der Waals surface area contributed by atoms with Gasteiger partial charge >= 0.3 is 0 Å². The number of rotatable bonds is 3. The van der Waals surface area contributed by atoms with Crippen LogP contribution < -0.4 is 5.32 Å². The lowest BCUT2D eigenvalue weighted by atomic mass is 10.2. The summed E-state index contributed by atoms with van der Waals surface area (Å²) in [5.74, 6) is -0.340. The van der Waals surface area contributed by atoms with Gasteiger partial charge in [0.05, 0.1) is 22.3 Å². The van der Waals surface area contributed by atoms with E-state index in [1.165, 1.54) is 18.2 Å². The van der Waals surface area contributed by atoms with Crippen molar-refractivity contribution in [3.05, 3.63) is 64.5 Å². The summed E-state index contributed by atoms with van der Waals surface area (Å²) in [6.07, 6.45) is 1.67. The van der Waals surface area contributed by atoms with Crippen LogP contribution in [0.3, 0.4) is 0 Å². The molecule has 0 saturated heterocycles. The molecule has 1 aromatic heterocycles. The number of aryl methyl sites for hydroxylation is 1. The highest BCUT2D eigenvalue weighted by molar-refractivity contribution is 6.06. The van der Waals surface area contributed by atoms with E-state index in [0.717, 1.165) is 5.52 Å². The Hall–Kier alpha value is -3.22. The number of aromatic nitrogens is 2. The van der Waals surface area contributed by atoms with Gasteiger partial charge in [0, 0.05) is 30.4 Å². The second-order valence-corrected chi connectivity index (χ2v) is 4.82. The molecule has 1 N–H and O–H groups in total. The molecule has 3 aromatic rings. The summed E-state index contributed by atoms with van der Waals surface area (Å²) in [7, 11) is 1.87. The number of imidazole rings is 1. The van der Waals surface area contributed by atoms with Crippen molar-refractivity contribution in [2.75, 3.05) is 5.32 Å². The van der Waals surface area contributed by atoms with Gasteiger partial charge in [0.15, 0.2) is 0 Å². The molecule has 0 aliphatic rings. The van der Waals surface area contributed by atoms with Crippen molar-refractivity contribution >= 4 is 28.3 Å². The number of hydrogen-bond acceptors (Lipinski definition) is 4. The number of nitrogens with zero attached hydrogens (tertiary/aromatic N) is 3. The van der Waals surface area contributed by atoms with E-state index in [2.05, 4.69) is 10.3 Å². The number of nitro benzene ring substituents is 1. The van der Waals surface area contributed by atoms with Crippen LogP contribution in [0.2, 0.25) is 0 Å². The molecule has 1 heterocycles. The zero-order chi connectivity index (χ0) is 15.7. The number of fused-ring (bicyclic) bond motifs is 1. The van der Waals surface area contributed by atoms with Crippen molar-refractivity contribution in [1.82, 2.24) is 9.55 Å². The normalized spacial score (nSPS) is 10.6. The van der Waals surface area contributed by atoms with Crippen LogP contribution in [0.4, 0.5) is 11.4 Å². The third-order valence-electron chi connectivity index (χ3n) is 3.30. The Bertz CT molecular complexity index is 885. The average molecular weight is 296 g/mol. The Morgan fingerprint density at radius 3 is 2.86 bits per heavy atom. The zero-order valence-corrected chi connectivity index (χ0v) is 11.7. The van der Waals surface area contributed by atoms with Gasteiger partial charge in [-0.2, -0.15) is 0 Å². The highest BCUT2D eigenvalue weighted by atomic mass is 16.6. The van der Waals surface area contributed by atoms with Crippen LogP contribution in [0.5, 0.6) is 0 Å². The van der Waals surface area contributed by atoms with Gasteiger partial charge in [-0.05, 0) is 24.3 Å². The van der Waals surface area contributed by atoms with Gasteiger partial charge in [-0.1, -0.05) is 6.07 Å². The number of amides is 1. The maximum atomic E-state index is 12.2. The Morgan fingerprint density at radius 1 is 1.27 bits per heavy atom. The predicted molar refractivity (Wildman–Crippen MR) is 81.8 cm³/mol. The van der Waals surface area contributed by atoms with Crippen LogP contribution >= 0.6 is 0 Å². The van der Waals surface area contributed by atoms with Crippen molar-refractivity contribution in [2.45, 2.75) is 0 Å². The number of carbonyl (C=O) groups excluding carboxylic acids is 1. The zero-order valence-electron chi connectivity index (χ0n) is 11.7. The summed E-state index contributed by atoms with van der Waals surface area (Å²) < 4.78 is 1.86. The molecule has 1 amide bonds. The number of anilines is 1. The highest BCUT2D eigenvalue weighted by Gasteiger charge is 2.11. The van der Waals surface area contributed by atoms with Crippen molar-refractivity contribution in [3.63, 3.8) is 0 Å². The lowest BCUT2D eigenvalue weighted by molar-refractivity contribution is -0.384. The summed E-state index contributed by atoms with van der Waals surface area (Å²) in [5.41, 5.74) is 2.39. The van der Waals surface area contributed by atoms with Crippen molar-refractivity contribution in [1.29, 1.82) is 0 Å². The van der Waals surface area contributed by atoms with Gasteiger partial charge in [0.25, 0.3) is 11.6 Å². The minimum atomic E-state index is -0.504. The quantitative estimate of drug-likeness (QED) is 0.594. The number of carbonyl (C=O) groups is 1. The van der Waals surface area contributed by atoms with E-state index in [9.17, 15) is 14.9 Å². The Morgan fingerprint density at radius 2 is 2.09 bits per heavy atom. The van der Waals surface area contributed by atoms with Gasteiger partial charge in [0.2, 0.25) is 0 Å². The fourth-order valence-electron chi connectivity index (χ4n) is 2.18. The maximum absolute atomic E-state index is 12.2. The average Bonchev–Trinajstić information content (AvgIpc) is 2.88. The smallest absolute Gasteiger partial charge is 0.271 e. The third kappa shape index (κ3) is 2.51. The number of hydrogen-bond donors (Lipinski definition) is 1. The second kappa shape index (κ2) is 5.28. The maximum Gasteiger partial charge on any atom is 0.271 e. The standard InChI is InChI=1S/C15H12N4O3/c1-18-9-16-13-7-10(5-6-14(13)18)15(20)17-11-3-2-4-12(8-11)19(21)22/h2-9H,1H3,(H,17,20). The molecule has 7 nitrogen and oxygen atoms in total. The molecular weight excluding hydrogens is 284 g/mol. The third-order valence-corrected chi connectivity index (χ3v) is 3.30. The fourth-order valence-corrected chi connectivity index (χ4v) is 2.18. The SMILES string of the molecule is Cn1cnc2cc(C(=O)Nc3cccc([N+](=O)[O-])c3)ccc21. The van der Waals surface area contributed by atoms with E-state index in [-0.39, 0.29) is 11.6 Å². The number of nitrogens with one attached hydrogen (secondary N) is 1. The molecule has 0 aliphatic heterocycles. The fraction of sp³-hybridized carbons (Fsp3) is 0.0667. The first-order chi connectivity index (χ1) is 10.5. The van der Waals surface area contributed by atoms with Gasteiger partial charge in [-0.3, -0.25) is 14.9 Å². The lowest BCUT2D eigenvalue weighted by Crippen LogP contribution is -2.11. The second-order valence-electron chi connectivity index (χ2n) is 4.82. The summed E-state index contributed by atoms with van der Waals surface area (Å²) in [6.45, 7) is 0. The van der Waals surface area contributed by atoms with Crippen LogP contribution in [0.25, 0.3) is 11.0 Å². The predicted octanol–water partition coefficient (Wildman–Crippen LogP) is 2.73. The Balaban J connectivity index is 1.86. The molecule has 0 fully saturated rings. The van der Waals surface area contributed by atoms with Gasteiger partial charge in [-0.15, -0.1) is 0 Å². The first kappa shape index (κ1) is 13.7. The molecule has 110 valence electrons. The highest BCUT2D eigenvalue weighted by Crippen LogP contribution is 2.19. The lowest BCUT2D eigenvalue weighted by Gasteiger charge is -2.05. The van der Waals surface area contributed by atoms with Crippen LogP contribution in [0.1, 0.15) is 10.4 Å². The van der Waals surface area contributed by atoms with Crippen molar-refractivity contribution in [3.8, 4) is 0 Å². The molecular formula is C15H12N4O3. The van der Waals surface area contributed by atoms with E-state index >= 15 is 0 Å². The topological polar surface area (TPSA) is 90.1 Å². The first-order valence-electron chi connectivity index (χ1n) is 6.51. The molecule has 22 heavy (non-hydrogen) atoms. The molecule has 0 bridgehead atoms. The summed E-state index contributed by atoms with van der Waals surface area (Å²) in [5, 5.41) is 13.4. The van der Waals surface area contributed by atoms with Crippen LogP contribution in [0.15, 0.2) is 48.8 Å². The van der Waals surface area contributed by atoms with E-state index in [4.69, 9.17) is 0 Å². The summed E-state index contributed by atoms with van der Waals surface area (Å²) >= 11 is 0. The largest absolute Gasteiger partial charge is 0.334 e. The van der Waals surface area contributed by atoms with Crippen LogP contribution in [-0.4, -0.2) is 20.4 Å². The molecule has 0 unspecified atom stereocenters. The molecule has 0 atom stereocenters. The van der Waals surface area contributed by atoms with Crippen molar-refractivity contribution in [2.24, 2.45) is 7.05 Å². The molecule has 2 aromatic carbocycles. The monoisotopic (exact) mass is 296 g/mol. The first-order valence-corrected chi connectivity index (χ1v) is 6.51. The van der Waals surface area contributed by atoms with E-state index < -0.39 is 4.92 Å². The van der Waals surface area contributed by atoms with Crippen molar-refractivity contribution < 1.29 is 9.72 Å². The van der Waals surface area contributed by atoms with Gasteiger partial charge < -0.3 is 9.88 Å². The molecule has 0 saturated carbocycles. The molecule has 3 rings (SSSR count). The van der Waals surface area contributed by atoms with Gasteiger partial charge in [-0.25, -0.2) is 4.98 Å². The number of non-ortho nitro benzene ring substituents is 1. The molecule has 0 radical (unpaired) electrons. The Labute approximate surface area is 125 Å². The number of nitro groups is 1. The minimum absolute atomic E-state index is 0.0713. The molecule has 0 spiro atoms. The summed E-state index contributed by atoms with van der Waals surface area (Å²) in [6, 6.07) is 11.0. The van der Waals surface area contributed by atoms with E-state index in [1.54, 1.807) is 24.5 Å². The number of benzene rings is 2. The molecule has 0 aliphatic carbocycles. The van der Waals surface area contributed by atoms with Crippen LogP contribution in [-0.2, 0) is 7.05 Å².